The van der Waals surface area contributed by atoms with Crippen LogP contribution in [0, 0.1) is 18.8 Å². The minimum atomic E-state index is -1.41. The lowest BCUT2D eigenvalue weighted by Crippen LogP contribution is -2.25. The average molecular weight is 417 g/mol. The first-order valence-corrected chi connectivity index (χ1v) is 10.5. The summed E-state index contributed by atoms with van der Waals surface area (Å²) < 4.78 is 6.13. The first-order chi connectivity index (χ1) is 15.6. The maximum atomic E-state index is 11.9. The van der Waals surface area contributed by atoms with Gasteiger partial charge in [0.2, 0.25) is 0 Å². The third-order valence-corrected chi connectivity index (χ3v) is 5.12. The Morgan fingerprint density at radius 2 is 1.22 bits per heavy atom. The van der Waals surface area contributed by atoms with Crippen LogP contribution in [0.5, 0.6) is 5.75 Å². The summed E-state index contributed by atoms with van der Waals surface area (Å²) in [5.41, 5.74) is 2.11. The molecule has 4 aromatic rings. The van der Waals surface area contributed by atoms with E-state index in [0.717, 1.165) is 16.7 Å². The van der Waals surface area contributed by atoms with E-state index >= 15 is 0 Å². The van der Waals surface area contributed by atoms with E-state index in [1.807, 2.05) is 122 Å². The highest BCUT2D eigenvalue weighted by atomic mass is 16.5. The van der Waals surface area contributed by atoms with E-state index in [9.17, 15) is 5.11 Å². The number of aryl methyl sites for hydroxylation is 1. The van der Waals surface area contributed by atoms with E-state index in [0.29, 0.717) is 11.5 Å². The van der Waals surface area contributed by atoms with Crippen molar-refractivity contribution in [3.63, 3.8) is 0 Å². The maximum absolute atomic E-state index is 11.9. The van der Waals surface area contributed by atoms with E-state index in [1.54, 1.807) is 6.08 Å². The molecule has 0 aliphatic rings. The van der Waals surface area contributed by atoms with Crippen LogP contribution in [0.15, 0.2) is 127 Å². The number of hydrogen-bond acceptors (Lipinski definition) is 2. The number of ether oxygens (including phenoxy) is 1. The largest absolute Gasteiger partial charge is 0.449 e. The Balaban J connectivity index is 1.83. The van der Waals surface area contributed by atoms with Crippen molar-refractivity contribution in [1.29, 1.82) is 0 Å². The quantitative estimate of drug-likeness (QED) is 0.308. The molecule has 32 heavy (non-hydrogen) atoms. The zero-order valence-corrected chi connectivity index (χ0v) is 17.9. The van der Waals surface area contributed by atoms with Crippen LogP contribution in [0.1, 0.15) is 22.3 Å². The number of rotatable bonds is 5. The fourth-order valence-corrected chi connectivity index (χ4v) is 3.38. The van der Waals surface area contributed by atoms with Gasteiger partial charge in [-0.15, -0.1) is 0 Å². The van der Waals surface area contributed by atoms with Crippen molar-refractivity contribution in [1.82, 2.24) is 0 Å². The monoisotopic (exact) mass is 416 g/mol. The molecule has 0 radical (unpaired) electrons. The van der Waals surface area contributed by atoms with Gasteiger partial charge in [0.05, 0.1) is 0 Å². The average Bonchev–Trinajstić information content (AvgIpc) is 2.85. The molecule has 0 bridgehead atoms. The zero-order chi connectivity index (χ0) is 22.2. The fourth-order valence-electron chi connectivity index (χ4n) is 3.38. The summed E-state index contributed by atoms with van der Waals surface area (Å²) in [5.74, 6) is 7.31. The van der Waals surface area contributed by atoms with Gasteiger partial charge in [-0.25, -0.2) is 0 Å². The Morgan fingerprint density at radius 1 is 0.719 bits per heavy atom. The molecule has 0 aromatic heterocycles. The second-order valence-electron chi connectivity index (χ2n) is 7.54. The Labute approximate surface area is 189 Å². The molecule has 4 aromatic carbocycles. The van der Waals surface area contributed by atoms with Crippen molar-refractivity contribution in [3.05, 3.63) is 149 Å². The van der Waals surface area contributed by atoms with Gasteiger partial charge in [0.15, 0.2) is 5.76 Å². The molecule has 0 amide bonds. The van der Waals surface area contributed by atoms with Gasteiger partial charge in [-0.1, -0.05) is 102 Å². The summed E-state index contributed by atoms with van der Waals surface area (Å²) in [6, 6.07) is 36.6. The molecule has 0 aliphatic heterocycles. The molecule has 156 valence electrons. The van der Waals surface area contributed by atoms with Gasteiger partial charge in [-0.2, -0.15) is 0 Å². The van der Waals surface area contributed by atoms with Crippen LogP contribution < -0.4 is 4.74 Å². The Kier molecular flexibility index (Phi) is 6.51. The number of allylic oxidation sites excluding steroid dienone is 1. The van der Waals surface area contributed by atoms with Crippen molar-refractivity contribution >= 4 is 0 Å². The van der Waals surface area contributed by atoms with Crippen LogP contribution in [0.25, 0.3) is 0 Å². The lowest BCUT2D eigenvalue weighted by molar-refractivity contribution is 0.131. The third kappa shape index (κ3) is 5.16. The van der Waals surface area contributed by atoms with Gasteiger partial charge in [0.25, 0.3) is 0 Å². The highest BCUT2D eigenvalue weighted by Gasteiger charge is 2.30. The van der Waals surface area contributed by atoms with Crippen LogP contribution in [0.3, 0.4) is 0 Å². The van der Waals surface area contributed by atoms with Crippen molar-refractivity contribution in [2.45, 2.75) is 12.5 Å². The summed E-state index contributed by atoms with van der Waals surface area (Å²) in [4.78, 5) is 0. The molecule has 0 aliphatic carbocycles. The van der Waals surface area contributed by atoms with E-state index < -0.39 is 5.60 Å². The second-order valence-corrected chi connectivity index (χ2v) is 7.54. The first kappa shape index (κ1) is 21.2. The number of para-hydroxylation sites is 1. The summed E-state index contributed by atoms with van der Waals surface area (Å²) in [5, 5.41) is 11.9. The van der Waals surface area contributed by atoms with Gasteiger partial charge < -0.3 is 9.84 Å². The Bertz CT molecular complexity index is 1190. The molecule has 1 N–H and O–H groups in total. The molecule has 2 heteroatoms. The van der Waals surface area contributed by atoms with Gasteiger partial charge in [-0.05, 0) is 48.2 Å². The molecule has 4 rings (SSSR count). The molecule has 0 fully saturated rings. The highest BCUT2D eigenvalue weighted by molar-refractivity contribution is 5.47. The molecule has 2 nitrogen and oxygen atoms in total. The minimum absolute atomic E-state index is 0.368. The van der Waals surface area contributed by atoms with Crippen LogP contribution in [-0.2, 0) is 5.60 Å². The van der Waals surface area contributed by atoms with Crippen molar-refractivity contribution in [2.24, 2.45) is 0 Å². The molecular weight excluding hydrogens is 392 g/mol. The van der Waals surface area contributed by atoms with Crippen molar-refractivity contribution in [2.75, 3.05) is 0 Å². The minimum Gasteiger partial charge on any atom is -0.449 e. The maximum Gasteiger partial charge on any atom is 0.177 e. The summed E-state index contributed by atoms with van der Waals surface area (Å²) in [7, 11) is 0. The van der Waals surface area contributed by atoms with Gasteiger partial charge in [0.1, 0.15) is 11.4 Å². The molecule has 0 atom stereocenters. The summed E-state index contributed by atoms with van der Waals surface area (Å²) >= 11 is 0. The smallest absolute Gasteiger partial charge is 0.177 e. The van der Waals surface area contributed by atoms with E-state index in [2.05, 4.69) is 11.8 Å². The normalized spacial score (nSPS) is 11.4. The molecule has 0 heterocycles. The Morgan fingerprint density at radius 3 is 1.75 bits per heavy atom. The number of benzene rings is 4. The topological polar surface area (TPSA) is 29.5 Å². The van der Waals surface area contributed by atoms with Crippen LogP contribution >= 0.6 is 0 Å². The van der Waals surface area contributed by atoms with Gasteiger partial charge >= 0.3 is 0 Å². The van der Waals surface area contributed by atoms with Crippen LogP contribution in [-0.4, -0.2) is 5.11 Å². The molecule has 0 saturated heterocycles. The Hall–Kier alpha value is -4.06. The first-order valence-electron chi connectivity index (χ1n) is 10.5. The van der Waals surface area contributed by atoms with Gasteiger partial charge in [-0.3, -0.25) is 0 Å². The lowest BCUT2D eigenvalue weighted by atomic mass is 9.85. The van der Waals surface area contributed by atoms with Gasteiger partial charge in [0, 0.05) is 11.6 Å². The van der Waals surface area contributed by atoms with Crippen LogP contribution in [0.2, 0.25) is 0 Å². The van der Waals surface area contributed by atoms with E-state index in [4.69, 9.17) is 4.74 Å². The highest BCUT2D eigenvalue weighted by Crippen LogP contribution is 2.32. The van der Waals surface area contributed by atoms with E-state index in [-0.39, 0.29) is 0 Å². The molecule has 0 spiro atoms. The van der Waals surface area contributed by atoms with Crippen molar-refractivity contribution < 1.29 is 9.84 Å². The number of aliphatic hydroxyl groups is 1. The molecule has 0 saturated carbocycles. The molecular formula is C30H24O2. The summed E-state index contributed by atoms with van der Waals surface area (Å²) in [6.07, 6.45) is 1.69. The molecule has 0 unspecified atom stereocenters. The lowest BCUT2D eigenvalue weighted by Gasteiger charge is -2.26. The second kappa shape index (κ2) is 9.83. The standard InChI is InChI=1S/C30H24O2/c1-24-17-19-25(20-18-24)21-22-29(32-28-15-9-4-10-16-28)23-30(31,26-11-5-2-6-12-26)27-13-7-3-8-14-27/h2-20,23,31H,1H3/b29-23-. The van der Waals surface area contributed by atoms with Crippen LogP contribution in [0.4, 0.5) is 0 Å². The van der Waals surface area contributed by atoms with Crippen molar-refractivity contribution in [3.8, 4) is 17.6 Å². The summed E-state index contributed by atoms with van der Waals surface area (Å²) in [6.45, 7) is 2.04. The SMILES string of the molecule is Cc1ccc(C#C/C(=C/C(O)(c2ccccc2)c2ccccc2)Oc2ccccc2)cc1. The number of hydrogen-bond donors (Lipinski definition) is 1. The predicted octanol–water partition coefficient (Wildman–Crippen LogP) is 6.25. The third-order valence-electron chi connectivity index (χ3n) is 5.12. The zero-order valence-electron chi connectivity index (χ0n) is 17.9. The van der Waals surface area contributed by atoms with E-state index in [1.165, 1.54) is 5.56 Å². The predicted molar refractivity (Wildman–Crippen MR) is 129 cm³/mol. The fraction of sp³-hybridized carbons (Fsp3) is 0.0667.